The molecule has 1 radical (unpaired) electrons. The molecule has 0 bridgehead atoms. The van der Waals surface area contributed by atoms with Gasteiger partial charge in [-0.1, -0.05) is 4.57 Å². The van der Waals surface area contributed by atoms with Crippen molar-refractivity contribution < 1.29 is 36.7 Å². The molecule has 0 heterocycles. The summed E-state index contributed by atoms with van der Waals surface area (Å²) in [5, 5.41) is 0. The van der Waals surface area contributed by atoms with Crippen LogP contribution in [0.2, 0.25) is 0 Å². The van der Waals surface area contributed by atoms with Crippen LogP contribution in [-0.4, -0.2) is 0 Å². The minimum absolute atomic E-state index is 0. The van der Waals surface area contributed by atoms with E-state index in [-0.39, 0.29) is 22.4 Å². The summed E-state index contributed by atoms with van der Waals surface area (Å²) in [6, 6.07) is 0. The Bertz CT molecular complexity index is 29.9. The van der Waals surface area contributed by atoms with Crippen molar-refractivity contribution in [1.82, 2.24) is 0 Å². The van der Waals surface area contributed by atoms with Crippen molar-refractivity contribution in [3.63, 3.8) is 0 Å². The summed E-state index contributed by atoms with van der Waals surface area (Å²) >= 11 is 0. The van der Waals surface area contributed by atoms with Crippen LogP contribution in [-0.2, 0) is 26.9 Å². The van der Waals surface area contributed by atoms with Crippen molar-refractivity contribution in [3.8, 4) is 0 Å². The molecule has 0 aromatic carbocycles. The SMILES string of the molecule is O=[P+]([O-])[O-].[Ag]. The predicted octanol–water partition coefficient (Wildman–Crippen LogP) is -1.64. The molecule has 0 aliphatic carbocycles. The molecule has 0 atom stereocenters. The second kappa shape index (κ2) is 4.76. The molecule has 5 heteroatoms. The Hall–Kier alpha value is 0.760. The molecule has 0 rings (SSSR count). The molecule has 0 amide bonds. The monoisotopic (exact) mass is 186 g/mol. The van der Waals surface area contributed by atoms with Gasteiger partial charge in [0.25, 0.3) is 8.25 Å². The molecule has 0 saturated carbocycles. The first-order chi connectivity index (χ1) is 1.73. The average molecular weight is 187 g/mol. The topological polar surface area (TPSA) is 63.2 Å². The van der Waals surface area contributed by atoms with Gasteiger partial charge in [-0.2, -0.15) is 0 Å². The van der Waals surface area contributed by atoms with Crippen LogP contribution in [0.1, 0.15) is 0 Å². The van der Waals surface area contributed by atoms with E-state index >= 15 is 0 Å². The zero-order valence-electron chi connectivity index (χ0n) is 1.97. The predicted molar refractivity (Wildman–Crippen MR) is 7.61 cm³/mol. The first-order valence-electron chi connectivity index (χ1n) is 0.548. The summed E-state index contributed by atoms with van der Waals surface area (Å²) in [5.74, 6) is 0. The van der Waals surface area contributed by atoms with Crippen LogP contribution in [0.3, 0.4) is 0 Å². The second-order valence-corrected chi connectivity index (χ2v) is 0.671. The van der Waals surface area contributed by atoms with Gasteiger partial charge in [0, 0.05) is 22.4 Å². The van der Waals surface area contributed by atoms with Crippen molar-refractivity contribution >= 4 is 8.25 Å². The van der Waals surface area contributed by atoms with Gasteiger partial charge in [-0.05, 0) is 0 Å². The molecular formula is AgO3P-. The fourth-order valence-electron chi connectivity index (χ4n) is 0. The van der Waals surface area contributed by atoms with E-state index in [0.717, 1.165) is 0 Å². The quantitative estimate of drug-likeness (QED) is 0.337. The van der Waals surface area contributed by atoms with Gasteiger partial charge in [0.2, 0.25) is 0 Å². The minimum atomic E-state index is -3.37. The van der Waals surface area contributed by atoms with Gasteiger partial charge in [0.15, 0.2) is 0 Å². The van der Waals surface area contributed by atoms with E-state index in [2.05, 4.69) is 0 Å². The van der Waals surface area contributed by atoms with Crippen molar-refractivity contribution in [2.75, 3.05) is 0 Å². The van der Waals surface area contributed by atoms with Crippen LogP contribution in [0.4, 0.5) is 0 Å². The first kappa shape index (κ1) is 9.23. The van der Waals surface area contributed by atoms with Gasteiger partial charge < -0.3 is 9.79 Å². The van der Waals surface area contributed by atoms with E-state index in [0.29, 0.717) is 0 Å². The standard InChI is InChI=1S/Ag.HO3P/c;1-4(2)3/h;(H,1,2,3)/p-1. The van der Waals surface area contributed by atoms with Crippen LogP contribution in [0.25, 0.3) is 0 Å². The molecule has 5 heavy (non-hydrogen) atoms. The molecule has 0 unspecified atom stereocenters. The van der Waals surface area contributed by atoms with Crippen LogP contribution < -0.4 is 9.79 Å². The van der Waals surface area contributed by atoms with Crippen LogP contribution in [0.15, 0.2) is 0 Å². The Morgan fingerprint density at radius 2 is 1.40 bits per heavy atom. The van der Waals surface area contributed by atoms with Crippen LogP contribution >= 0.6 is 8.25 Å². The van der Waals surface area contributed by atoms with Gasteiger partial charge in [0.05, 0.1) is 0 Å². The third kappa shape index (κ3) is 62.7. The third-order valence-electron chi connectivity index (χ3n) is 0. The van der Waals surface area contributed by atoms with E-state index in [9.17, 15) is 0 Å². The zero-order valence-corrected chi connectivity index (χ0v) is 4.35. The normalized spacial score (nSPS) is 5.20. The van der Waals surface area contributed by atoms with Crippen molar-refractivity contribution in [3.05, 3.63) is 0 Å². The maximum Gasteiger partial charge on any atom is 0.276 e. The molecule has 35 valence electrons. The van der Waals surface area contributed by atoms with Crippen LogP contribution in [0.5, 0.6) is 0 Å². The van der Waals surface area contributed by atoms with Gasteiger partial charge in [0.1, 0.15) is 0 Å². The second-order valence-electron chi connectivity index (χ2n) is 0.224. The van der Waals surface area contributed by atoms with E-state index in [4.69, 9.17) is 14.4 Å². The van der Waals surface area contributed by atoms with Crippen molar-refractivity contribution in [1.29, 1.82) is 0 Å². The maximum atomic E-state index is 8.48. The molecule has 0 spiro atoms. The summed E-state index contributed by atoms with van der Waals surface area (Å²) in [6.45, 7) is 0. The molecule has 0 fully saturated rings. The molecule has 0 N–H and O–H groups in total. The fraction of sp³-hybridized carbons (Fsp3) is 0. The number of rotatable bonds is 0. The third-order valence-corrected chi connectivity index (χ3v) is 0. The largest absolute Gasteiger partial charge is 0.598 e. The number of hydrogen-bond acceptors (Lipinski definition) is 3. The molecular weight excluding hydrogens is 187 g/mol. The molecule has 0 aromatic rings. The molecule has 0 aliphatic heterocycles. The average Bonchev–Trinajstić information content (AvgIpc) is 0.811. The molecule has 3 nitrogen and oxygen atoms in total. The minimum Gasteiger partial charge on any atom is -0.598 e. The van der Waals surface area contributed by atoms with Crippen molar-refractivity contribution in [2.45, 2.75) is 0 Å². The molecule has 0 saturated heterocycles. The Balaban J connectivity index is 0. The van der Waals surface area contributed by atoms with Gasteiger partial charge in [-0.25, -0.2) is 0 Å². The maximum absolute atomic E-state index is 8.48. The summed E-state index contributed by atoms with van der Waals surface area (Å²) in [4.78, 5) is 17.0. The number of hydrogen-bond donors (Lipinski definition) is 0. The van der Waals surface area contributed by atoms with E-state index < -0.39 is 8.25 Å². The summed E-state index contributed by atoms with van der Waals surface area (Å²) in [7, 11) is -3.37. The Kier molecular flexibility index (Phi) is 8.79. The smallest absolute Gasteiger partial charge is 0.276 e. The molecule has 0 aromatic heterocycles. The first-order valence-corrected chi connectivity index (χ1v) is 1.64. The summed E-state index contributed by atoms with van der Waals surface area (Å²) in [5.41, 5.74) is 0. The zero-order chi connectivity index (χ0) is 3.58. The van der Waals surface area contributed by atoms with Gasteiger partial charge >= 0.3 is 0 Å². The van der Waals surface area contributed by atoms with Gasteiger partial charge in [-0.3, -0.25) is 0 Å². The van der Waals surface area contributed by atoms with Crippen molar-refractivity contribution in [2.24, 2.45) is 0 Å². The van der Waals surface area contributed by atoms with E-state index in [1.54, 1.807) is 0 Å². The Labute approximate surface area is 45.5 Å². The van der Waals surface area contributed by atoms with Crippen LogP contribution in [0, 0.1) is 0 Å². The Morgan fingerprint density at radius 1 is 1.40 bits per heavy atom. The fourth-order valence-corrected chi connectivity index (χ4v) is 0. The summed E-state index contributed by atoms with van der Waals surface area (Å²) in [6.07, 6.45) is 0. The van der Waals surface area contributed by atoms with E-state index in [1.165, 1.54) is 0 Å². The van der Waals surface area contributed by atoms with Gasteiger partial charge in [-0.15, -0.1) is 0 Å². The van der Waals surface area contributed by atoms with E-state index in [1.807, 2.05) is 0 Å². The molecule has 0 aliphatic rings. The Morgan fingerprint density at radius 3 is 1.40 bits per heavy atom. The summed E-state index contributed by atoms with van der Waals surface area (Å²) < 4.78 is 8.48.